The summed E-state index contributed by atoms with van der Waals surface area (Å²) in [7, 11) is 0. The summed E-state index contributed by atoms with van der Waals surface area (Å²) in [4.78, 5) is 48.9. The summed E-state index contributed by atoms with van der Waals surface area (Å²) in [5.74, 6) is -3.41. The summed E-state index contributed by atoms with van der Waals surface area (Å²) < 4.78 is 5.52. The van der Waals surface area contributed by atoms with Crippen LogP contribution in [0.2, 0.25) is 10.0 Å². The molecule has 0 fully saturated rings. The number of Topliss-reactive ketones (excluding diaryl/α,β-unsaturated/α-hetero) is 1. The third-order valence-corrected chi connectivity index (χ3v) is 6.94. The summed E-state index contributed by atoms with van der Waals surface area (Å²) in [6, 6.07) is 1.31. The average Bonchev–Trinajstić information content (AvgIpc) is 2.91. The van der Waals surface area contributed by atoms with Gasteiger partial charge < -0.3 is 14.9 Å². The number of carboxylic acid groups (broad SMARTS) is 2. The van der Waals surface area contributed by atoms with E-state index in [9.17, 15) is 29.4 Å². The summed E-state index contributed by atoms with van der Waals surface area (Å²) in [6.45, 7) is 4.36. The van der Waals surface area contributed by atoms with Crippen molar-refractivity contribution in [1.82, 2.24) is 0 Å². The van der Waals surface area contributed by atoms with E-state index < -0.39 is 28.9 Å². The van der Waals surface area contributed by atoms with Crippen molar-refractivity contribution in [2.45, 2.75) is 52.6 Å². The number of halogens is 2. The van der Waals surface area contributed by atoms with Crippen LogP contribution in [0.4, 0.5) is 0 Å². The zero-order chi connectivity index (χ0) is 23.3. The number of hydrogen-bond acceptors (Lipinski definition) is 5. The van der Waals surface area contributed by atoms with Gasteiger partial charge in [-0.1, -0.05) is 36.5 Å². The van der Waals surface area contributed by atoms with Crippen molar-refractivity contribution in [1.29, 1.82) is 0 Å². The van der Waals surface area contributed by atoms with Gasteiger partial charge in [-0.15, -0.1) is 0 Å². The minimum absolute atomic E-state index is 0.0290. The standard InChI is InChI=1S/C22H22Cl2O7/c1-4-6-22-7-5-10(25)8-12(22)14-11(17(22)26)9-13(15(23)16(14)24)31-18(19(27)28)21(2,3)20(29)30/h8-9,18H,4-7H2,1-3H3,(H,27,28)(H,29,30). The van der Waals surface area contributed by atoms with E-state index in [1.54, 1.807) is 0 Å². The molecule has 2 N–H and O–H groups in total. The molecule has 0 saturated heterocycles. The summed E-state index contributed by atoms with van der Waals surface area (Å²) in [6.07, 6.45) is 1.47. The van der Waals surface area contributed by atoms with Crippen molar-refractivity contribution < 1.29 is 34.1 Å². The van der Waals surface area contributed by atoms with Crippen molar-refractivity contribution in [3.05, 3.63) is 33.3 Å². The summed E-state index contributed by atoms with van der Waals surface area (Å²) in [5, 5.41) is 18.8. The molecule has 0 aliphatic heterocycles. The lowest BCUT2D eigenvalue weighted by Gasteiger charge is -2.32. The van der Waals surface area contributed by atoms with Crippen LogP contribution in [0.3, 0.4) is 0 Å². The number of ketones is 2. The topological polar surface area (TPSA) is 118 Å². The van der Waals surface area contributed by atoms with Crippen LogP contribution < -0.4 is 4.74 Å². The lowest BCUT2D eigenvalue weighted by molar-refractivity contribution is -0.164. The van der Waals surface area contributed by atoms with Gasteiger partial charge in [0.1, 0.15) is 16.2 Å². The molecule has 166 valence electrons. The molecule has 7 nitrogen and oxygen atoms in total. The van der Waals surface area contributed by atoms with Gasteiger partial charge in [0.25, 0.3) is 0 Å². The molecule has 0 bridgehead atoms. The quantitative estimate of drug-likeness (QED) is 0.596. The second-order valence-corrected chi connectivity index (χ2v) is 9.23. The van der Waals surface area contributed by atoms with Gasteiger partial charge in [0.2, 0.25) is 6.10 Å². The van der Waals surface area contributed by atoms with Crippen molar-refractivity contribution in [2.75, 3.05) is 0 Å². The Labute approximate surface area is 189 Å². The minimum Gasteiger partial charge on any atom is -0.481 e. The van der Waals surface area contributed by atoms with Crippen molar-refractivity contribution >= 4 is 52.3 Å². The van der Waals surface area contributed by atoms with Crippen molar-refractivity contribution in [2.24, 2.45) is 10.8 Å². The molecule has 1 aromatic rings. The molecule has 1 aromatic carbocycles. The fraction of sp³-hybridized carbons (Fsp3) is 0.455. The van der Waals surface area contributed by atoms with Gasteiger partial charge in [-0.3, -0.25) is 14.4 Å². The SMILES string of the molecule is CCCC12CCC(=O)C=C1c1c(cc(OC(C(=O)O)C(C)(C)C(=O)O)c(Cl)c1Cl)C2=O. The monoisotopic (exact) mass is 468 g/mol. The lowest BCUT2D eigenvalue weighted by atomic mass is 9.69. The molecule has 0 aromatic heterocycles. The number of carbonyl (C=O) groups is 4. The van der Waals surface area contributed by atoms with Crippen molar-refractivity contribution in [3.63, 3.8) is 0 Å². The fourth-order valence-electron chi connectivity index (χ4n) is 4.32. The Hall–Kier alpha value is -2.38. The summed E-state index contributed by atoms with van der Waals surface area (Å²) >= 11 is 12.9. The Morgan fingerprint density at radius 2 is 1.87 bits per heavy atom. The fourth-order valence-corrected chi connectivity index (χ4v) is 4.81. The molecule has 31 heavy (non-hydrogen) atoms. The number of aliphatic carboxylic acids is 2. The van der Waals surface area contributed by atoms with E-state index in [-0.39, 0.29) is 39.3 Å². The highest BCUT2D eigenvalue weighted by atomic mass is 35.5. The van der Waals surface area contributed by atoms with Crippen LogP contribution in [0, 0.1) is 10.8 Å². The van der Waals surface area contributed by atoms with E-state index in [1.165, 1.54) is 26.0 Å². The highest BCUT2D eigenvalue weighted by Crippen LogP contribution is 2.58. The molecule has 9 heteroatoms. The van der Waals surface area contributed by atoms with Crippen LogP contribution in [0.15, 0.2) is 12.1 Å². The Bertz CT molecular complexity index is 1040. The Morgan fingerprint density at radius 1 is 1.23 bits per heavy atom. The summed E-state index contributed by atoms with van der Waals surface area (Å²) in [5.41, 5.74) is -1.60. The molecule has 0 heterocycles. The van der Waals surface area contributed by atoms with Gasteiger partial charge >= 0.3 is 11.9 Å². The molecule has 2 aliphatic rings. The number of carboxylic acids is 2. The highest BCUT2D eigenvalue weighted by Gasteiger charge is 2.52. The number of ether oxygens (including phenoxy) is 1. The predicted octanol–water partition coefficient (Wildman–Crippen LogP) is 4.67. The van der Waals surface area contributed by atoms with Gasteiger partial charge in [0, 0.05) is 17.5 Å². The number of hydrogen-bond donors (Lipinski definition) is 2. The van der Waals surface area contributed by atoms with Gasteiger partial charge in [0.05, 0.1) is 10.4 Å². The van der Waals surface area contributed by atoms with Gasteiger partial charge in [-0.25, -0.2) is 4.79 Å². The first-order valence-electron chi connectivity index (χ1n) is 9.83. The minimum atomic E-state index is -1.79. The number of rotatable bonds is 7. The van der Waals surface area contributed by atoms with Crippen LogP contribution in [-0.2, 0) is 14.4 Å². The van der Waals surface area contributed by atoms with E-state index in [1.807, 2.05) is 6.92 Å². The maximum absolute atomic E-state index is 13.5. The van der Waals surface area contributed by atoms with Gasteiger partial charge in [-0.05, 0) is 44.4 Å². The smallest absolute Gasteiger partial charge is 0.346 e. The van der Waals surface area contributed by atoms with Crippen LogP contribution in [-0.4, -0.2) is 39.8 Å². The maximum atomic E-state index is 13.5. The molecular weight excluding hydrogens is 447 g/mol. The zero-order valence-corrected chi connectivity index (χ0v) is 18.8. The Balaban J connectivity index is 2.17. The van der Waals surface area contributed by atoms with E-state index in [2.05, 4.69) is 0 Å². The van der Waals surface area contributed by atoms with Crippen LogP contribution >= 0.6 is 23.2 Å². The zero-order valence-electron chi connectivity index (χ0n) is 17.3. The predicted molar refractivity (Wildman–Crippen MR) is 114 cm³/mol. The van der Waals surface area contributed by atoms with Crippen LogP contribution in [0.1, 0.15) is 62.4 Å². The van der Waals surface area contributed by atoms with E-state index in [4.69, 9.17) is 27.9 Å². The van der Waals surface area contributed by atoms with Crippen molar-refractivity contribution in [3.8, 4) is 5.75 Å². The first-order valence-corrected chi connectivity index (χ1v) is 10.6. The third kappa shape index (κ3) is 3.53. The molecule has 2 unspecified atom stereocenters. The molecule has 0 amide bonds. The Kier molecular flexibility index (Phi) is 5.97. The van der Waals surface area contributed by atoms with Gasteiger partial charge in [0.15, 0.2) is 11.6 Å². The average molecular weight is 469 g/mol. The van der Waals surface area contributed by atoms with E-state index in [0.717, 1.165) is 0 Å². The molecule has 2 atom stereocenters. The number of benzene rings is 1. The van der Waals surface area contributed by atoms with Crippen LogP contribution in [0.25, 0.3) is 5.57 Å². The van der Waals surface area contributed by atoms with Gasteiger partial charge in [-0.2, -0.15) is 0 Å². The number of allylic oxidation sites excluding steroid dienone is 2. The number of fused-ring (bicyclic) bond motifs is 3. The first kappa shape index (κ1) is 23.3. The second-order valence-electron chi connectivity index (χ2n) is 8.47. The normalized spacial score (nSPS) is 21.3. The molecule has 0 radical (unpaired) electrons. The molecule has 3 rings (SSSR count). The lowest BCUT2D eigenvalue weighted by Crippen LogP contribution is -2.46. The molecular formula is C22H22Cl2O7. The largest absolute Gasteiger partial charge is 0.481 e. The molecule has 2 aliphatic carbocycles. The highest BCUT2D eigenvalue weighted by molar-refractivity contribution is 6.45. The maximum Gasteiger partial charge on any atom is 0.346 e. The molecule has 0 saturated carbocycles. The second kappa shape index (κ2) is 7.95. The van der Waals surface area contributed by atoms with E-state index >= 15 is 0 Å². The molecule has 0 spiro atoms. The Morgan fingerprint density at radius 3 is 2.42 bits per heavy atom. The number of carbonyl (C=O) groups excluding carboxylic acids is 2. The first-order chi connectivity index (χ1) is 14.4. The third-order valence-electron chi connectivity index (χ3n) is 6.09. The van der Waals surface area contributed by atoms with E-state index in [0.29, 0.717) is 30.4 Å². The van der Waals surface area contributed by atoms with Crippen LogP contribution in [0.5, 0.6) is 5.75 Å².